The molecule has 2 heterocycles. The highest BCUT2D eigenvalue weighted by atomic mass is 32.2. The Kier molecular flexibility index (Phi) is 5.33. The lowest BCUT2D eigenvalue weighted by molar-refractivity contribution is 0.148. The van der Waals surface area contributed by atoms with Gasteiger partial charge in [0.05, 0.1) is 14.2 Å². The molecule has 1 aliphatic heterocycles. The third kappa shape index (κ3) is 3.52. The second kappa shape index (κ2) is 7.33. The van der Waals surface area contributed by atoms with Crippen LogP contribution in [0, 0.1) is 0 Å². The number of sulfonamides is 1. The van der Waals surface area contributed by atoms with Crippen molar-refractivity contribution in [3.8, 4) is 11.5 Å². The summed E-state index contributed by atoms with van der Waals surface area (Å²) in [5.74, 6) is 1.31. The number of nitrogens with zero attached hydrogens (tertiary/aromatic N) is 2. The quantitative estimate of drug-likeness (QED) is 0.795. The summed E-state index contributed by atoms with van der Waals surface area (Å²) < 4.78 is 38.3. The van der Waals surface area contributed by atoms with Crippen LogP contribution in [0.4, 0.5) is 0 Å². The normalized spacial score (nSPS) is 19.7. The van der Waals surface area contributed by atoms with Gasteiger partial charge in [0.15, 0.2) is 11.5 Å². The molecule has 0 bridgehead atoms. The zero-order valence-electron chi connectivity index (χ0n) is 14.5. The third-order valence-corrected chi connectivity index (χ3v) is 7.73. The van der Waals surface area contributed by atoms with Gasteiger partial charge in [0, 0.05) is 25.7 Å². The minimum atomic E-state index is -3.44. The fraction of sp³-hybridized carbons (Fsp3) is 0.412. The third-order valence-electron chi connectivity index (χ3n) is 4.49. The number of thiophene rings is 1. The van der Waals surface area contributed by atoms with Gasteiger partial charge < -0.3 is 9.47 Å². The molecule has 136 valence electrons. The van der Waals surface area contributed by atoms with Crippen molar-refractivity contribution in [3.63, 3.8) is 0 Å². The number of hydrogen-bond acceptors (Lipinski definition) is 6. The maximum atomic E-state index is 12.8. The van der Waals surface area contributed by atoms with Crippen molar-refractivity contribution >= 4 is 21.4 Å². The largest absolute Gasteiger partial charge is 0.493 e. The van der Waals surface area contributed by atoms with Crippen LogP contribution >= 0.6 is 11.3 Å². The van der Waals surface area contributed by atoms with Gasteiger partial charge >= 0.3 is 0 Å². The Morgan fingerprint density at radius 1 is 1.12 bits per heavy atom. The van der Waals surface area contributed by atoms with Crippen molar-refractivity contribution in [1.82, 2.24) is 9.21 Å². The first-order chi connectivity index (χ1) is 12.0. The van der Waals surface area contributed by atoms with Crippen molar-refractivity contribution in [1.29, 1.82) is 0 Å². The highest BCUT2D eigenvalue weighted by Crippen LogP contribution is 2.34. The van der Waals surface area contributed by atoms with Crippen LogP contribution in [-0.2, 0) is 10.0 Å². The van der Waals surface area contributed by atoms with Crippen LogP contribution in [0.2, 0.25) is 0 Å². The highest BCUT2D eigenvalue weighted by Gasteiger charge is 2.34. The number of ether oxygens (including phenoxy) is 2. The molecule has 25 heavy (non-hydrogen) atoms. The summed E-state index contributed by atoms with van der Waals surface area (Å²) >= 11 is 1.25. The van der Waals surface area contributed by atoms with Crippen molar-refractivity contribution in [2.45, 2.75) is 10.3 Å². The van der Waals surface area contributed by atoms with Gasteiger partial charge in [-0.25, -0.2) is 8.42 Å². The Morgan fingerprint density at radius 3 is 2.52 bits per heavy atom. The van der Waals surface area contributed by atoms with E-state index in [9.17, 15) is 8.42 Å². The molecule has 8 heteroatoms. The lowest BCUT2D eigenvalue weighted by Crippen LogP contribution is -2.48. The predicted octanol–water partition coefficient (Wildman–Crippen LogP) is 2.44. The van der Waals surface area contributed by atoms with E-state index in [-0.39, 0.29) is 6.04 Å². The summed E-state index contributed by atoms with van der Waals surface area (Å²) in [5, 5.41) is 1.79. The maximum absolute atomic E-state index is 12.8. The lowest BCUT2D eigenvalue weighted by Gasteiger charge is -2.38. The Bertz CT molecular complexity index is 821. The molecule has 6 nitrogen and oxygen atoms in total. The molecule has 3 rings (SSSR count). The van der Waals surface area contributed by atoms with E-state index in [1.807, 2.05) is 25.2 Å². The van der Waals surface area contributed by atoms with Crippen molar-refractivity contribution in [3.05, 3.63) is 41.3 Å². The van der Waals surface area contributed by atoms with Crippen LogP contribution in [0.5, 0.6) is 11.5 Å². The minimum absolute atomic E-state index is 0.0386. The summed E-state index contributed by atoms with van der Waals surface area (Å²) in [4.78, 5) is 2.17. The molecular formula is C17H22N2O4S2. The van der Waals surface area contributed by atoms with Crippen LogP contribution in [0.25, 0.3) is 0 Å². The van der Waals surface area contributed by atoms with Crippen LogP contribution < -0.4 is 9.47 Å². The molecular weight excluding hydrogens is 360 g/mol. The molecule has 0 amide bonds. The maximum Gasteiger partial charge on any atom is 0.252 e. The summed E-state index contributed by atoms with van der Waals surface area (Å²) in [6, 6.07) is 9.12. The molecule has 1 aliphatic rings. The molecule has 2 aromatic rings. The average Bonchev–Trinajstić information content (AvgIpc) is 3.17. The second-order valence-electron chi connectivity index (χ2n) is 5.91. The highest BCUT2D eigenvalue weighted by molar-refractivity contribution is 7.91. The first-order valence-corrected chi connectivity index (χ1v) is 10.2. The molecule has 1 unspecified atom stereocenters. The van der Waals surface area contributed by atoms with E-state index in [0.29, 0.717) is 35.3 Å². The molecule has 0 radical (unpaired) electrons. The lowest BCUT2D eigenvalue weighted by atomic mass is 10.0. The summed E-state index contributed by atoms with van der Waals surface area (Å²) in [6.45, 7) is 1.57. The van der Waals surface area contributed by atoms with Gasteiger partial charge in [-0.2, -0.15) is 4.31 Å². The predicted molar refractivity (Wildman–Crippen MR) is 98.0 cm³/mol. The van der Waals surface area contributed by atoms with Crippen LogP contribution in [-0.4, -0.2) is 58.5 Å². The fourth-order valence-corrected chi connectivity index (χ4v) is 5.61. The molecule has 1 aromatic carbocycles. The number of rotatable bonds is 5. The van der Waals surface area contributed by atoms with E-state index in [4.69, 9.17) is 9.47 Å². The number of piperazine rings is 1. The molecule has 1 fully saturated rings. The topological polar surface area (TPSA) is 59.1 Å². The van der Waals surface area contributed by atoms with Gasteiger partial charge in [-0.05, 0) is 36.2 Å². The zero-order valence-corrected chi connectivity index (χ0v) is 16.1. The molecule has 0 N–H and O–H groups in total. The Morgan fingerprint density at radius 2 is 1.88 bits per heavy atom. The van der Waals surface area contributed by atoms with Crippen molar-refractivity contribution < 1.29 is 17.9 Å². The van der Waals surface area contributed by atoms with Gasteiger partial charge in [-0.3, -0.25) is 4.90 Å². The van der Waals surface area contributed by atoms with Gasteiger partial charge in [-0.1, -0.05) is 12.1 Å². The number of benzene rings is 1. The van der Waals surface area contributed by atoms with Crippen molar-refractivity contribution in [2.75, 3.05) is 40.9 Å². The second-order valence-corrected chi connectivity index (χ2v) is 9.02. The van der Waals surface area contributed by atoms with Crippen molar-refractivity contribution in [2.24, 2.45) is 0 Å². The summed E-state index contributed by atoms with van der Waals surface area (Å²) in [6.07, 6.45) is 0. The molecule has 1 atom stereocenters. The van der Waals surface area contributed by atoms with Gasteiger partial charge in [-0.15, -0.1) is 11.3 Å². The average molecular weight is 383 g/mol. The smallest absolute Gasteiger partial charge is 0.252 e. The van der Waals surface area contributed by atoms with Gasteiger partial charge in [0.1, 0.15) is 4.21 Å². The van der Waals surface area contributed by atoms with E-state index in [1.54, 1.807) is 36.0 Å². The van der Waals surface area contributed by atoms with E-state index in [1.165, 1.54) is 11.3 Å². The fourth-order valence-electron chi connectivity index (χ4n) is 3.02. The van der Waals surface area contributed by atoms with E-state index in [0.717, 1.165) is 5.56 Å². The first-order valence-electron chi connectivity index (χ1n) is 7.93. The first kappa shape index (κ1) is 18.2. The molecule has 0 aliphatic carbocycles. The zero-order chi connectivity index (χ0) is 18.0. The van der Waals surface area contributed by atoms with Gasteiger partial charge in [0.25, 0.3) is 10.0 Å². The summed E-state index contributed by atoms with van der Waals surface area (Å²) in [5.41, 5.74) is 1.01. The minimum Gasteiger partial charge on any atom is -0.493 e. The van der Waals surface area contributed by atoms with Crippen LogP contribution in [0.1, 0.15) is 11.6 Å². The monoisotopic (exact) mass is 382 g/mol. The van der Waals surface area contributed by atoms with E-state index < -0.39 is 10.0 Å². The Balaban J connectivity index is 1.89. The number of methoxy groups -OCH3 is 2. The summed E-state index contributed by atoms with van der Waals surface area (Å²) in [7, 11) is 1.76. The molecule has 1 saturated heterocycles. The van der Waals surface area contributed by atoms with Crippen LogP contribution in [0.3, 0.4) is 0 Å². The molecule has 0 spiro atoms. The number of hydrogen-bond donors (Lipinski definition) is 0. The molecule has 1 aromatic heterocycles. The number of likely N-dealkylation sites (N-methyl/N-ethyl adjacent to an activating group) is 1. The van der Waals surface area contributed by atoms with Crippen LogP contribution in [0.15, 0.2) is 39.9 Å². The van der Waals surface area contributed by atoms with E-state index >= 15 is 0 Å². The standard InChI is InChI=1S/C17H22N2O4S2/c1-18-8-9-19(25(20,21)17-5-4-10-24-17)12-14(18)13-6-7-15(22-2)16(11-13)23-3/h4-7,10-11,14H,8-9,12H2,1-3H3. The molecule has 0 saturated carbocycles. The Labute approximate surface area is 152 Å². The SMILES string of the molecule is COc1ccc(C2CN(S(=O)(=O)c3cccs3)CCN2C)cc1OC. The Hall–Kier alpha value is -1.61. The van der Waals surface area contributed by atoms with E-state index in [2.05, 4.69) is 4.90 Å². The van der Waals surface area contributed by atoms with Gasteiger partial charge in [0.2, 0.25) is 0 Å².